The molecule has 15 heavy (non-hydrogen) atoms. The normalized spacial score (nSPS) is 22.3. The molecule has 1 fully saturated rings. The largest absolute Gasteiger partial charge is 0.323 e. The Kier molecular flexibility index (Phi) is 3.00. The molecule has 82 valence electrons. The van der Waals surface area contributed by atoms with Gasteiger partial charge in [-0.3, -0.25) is 0 Å². The molecule has 0 aromatic carbocycles. The maximum Gasteiger partial charge on any atom is 0.115 e. The molecule has 2 rings (SSSR count). The third kappa shape index (κ3) is 2.17. The molecule has 0 radical (unpaired) electrons. The number of hydrogen-bond acceptors (Lipinski definition) is 3. The van der Waals surface area contributed by atoms with E-state index in [1.165, 1.54) is 32.1 Å². The van der Waals surface area contributed by atoms with Crippen LogP contribution in [0.5, 0.6) is 0 Å². The molecule has 2 N–H and O–H groups in total. The number of nitrogens with two attached hydrogens (primary N) is 1. The Labute approximate surface area is 91.1 Å². The summed E-state index contributed by atoms with van der Waals surface area (Å²) < 4.78 is 0. The van der Waals surface area contributed by atoms with Crippen LogP contribution in [0.2, 0.25) is 0 Å². The molecule has 0 bridgehead atoms. The van der Waals surface area contributed by atoms with E-state index in [0.29, 0.717) is 0 Å². The molecule has 3 heteroatoms. The summed E-state index contributed by atoms with van der Waals surface area (Å²) in [6, 6.07) is 0.0824. The average molecular weight is 205 g/mol. The molecule has 1 aliphatic carbocycles. The van der Waals surface area contributed by atoms with Crippen LogP contribution in [-0.2, 0) is 0 Å². The third-order valence-corrected chi connectivity index (χ3v) is 3.69. The van der Waals surface area contributed by atoms with Crippen LogP contribution >= 0.6 is 0 Å². The van der Waals surface area contributed by atoms with Gasteiger partial charge in [0.25, 0.3) is 0 Å². The second kappa shape index (κ2) is 4.27. The molecule has 1 heterocycles. The van der Waals surface area contributed by atoms with Crippen molar-refractivity contribution in [2.45, 2.75) is 45.1 Å². The third-order valence-electron chi connectivity index (χ3n) is 3.69. The van der Waals surface area contributed by atoms with Crippen LogP contribution < -0.4 is 5.73 Å². The maximum absolute atomic E-state index is 6.32. The van der Waals surface area contributed by atoms with E-state index >= 15 is 0 Å². The van der Waals surface area contributed by atoms with Crippen LogP contribution in [0.15, 0.2) is 18.7 Å². The molecule has 0 saturated heterocycles. The topological polar surface area (TPSA) is 51.8 Å². The van der Waals surface area contributed by atoms with Gasteiger partial charge in [-0.2, -0.15) is 0 Å². The second-order valence-electron chi connectivity index (χ2n) is 4.86. The van der Waals surface area contributed by atoms with Crippen molar-refractivity contribution in [3.05, 3.63) is 24.3 Å². The zero-order valence-corrected chi connectivity index (χ0v) is 9.32. The Morgan fingerprint density at radius 2 is 1.80 bits per heavy atom. The number of nitrogens with zero attached hydrogens (tertiary/aromatic N) is 2. The Balaban J connectivity index is 2.16. The lowest BCUT2D eigenvalue weighted by molar-refractivity contribution is 0.170. The Morgan fingerprint density at radius 3 is 2.40 bits per heavy atom. The summed E-state index contributed by atoms with van der Waals surface area (Å²) in [5.41, 5.74) is 7.63. The van der Waals surface area contributed by atoms with Crippen LogP contribution in [-0.4, -0.2) is 9.97 Å². The van der Waals surface area contributed by atoms with Crippen molar-refractivity contribution < 1.29 is 0 Å². The number of aromatic nitrogens is 2. The van der Waals surface area contributed by atoms with Gasteiger partial charge in [0.05, 0.1) is 0 Å². The van der Waals surface area contributed by atoms with Crippen LogP contribution in [0.1, 0.15) is 50.6 Å². The number of rotatable bonds is 2. The van der Waals surface area contributed by atoms with Crippen molar-refractivity contribution in [2.75, 3.05) is 0 Å². The highest BCUT2D eigenvalue weighted by atomic mass is 14.8. The lowest BCUT2D eigenvalue weighted by atomic mass is 9.69. The zero-order valence-electron chi connectivity index (χ0n) is 9.32. The molecular weight excluding hydrogens is 186 g/mol. The Bertz CT molecular complexity index is 304. The van der Waals surface area contributed by atoms with Gasteiger partial charge in [-0.05, 0) is 18.3 Å². The van der Waals surface area contributed by atoms with Gasteiger partial charge >= 0.3 is 0 Å². The fourth-order valence-electron chi connectivity index (χ4n) is 2.54. The molecule has 1 aromatic rings. The fraction of sp³-hybridized carbons (Fsp3) is 0.667. The van der Waals surface area contributed by atoms with E-state index < -0.39 is 0 Å². The predicted octanol–water partition coefficient (Wildman–Crippen LogP) is 2.45. The van der Waals surface area contributed by atoms with E-state index in [-0.39, 0.29) is 11.5 Å². The predicted molar refractivity (Wildman–Crippen MR) is 60.2 cm³/mol. The van der Waals surface area contributed by atoms with Gasteiger partial charge in [-0.25, -0.2) is 9.97 Å². The Hall–Kier alpha value is -0.960. The molecule has 1 atom stereocenters. The van der Waals surface area contributed by atoms with Crippen molar-refractivity contribution in [1.82, 2.24) is 9.97 Å². The summed E-state index contributed by atoms with van der Waals surface area (Å²) in [5, 5.41) is 0. The summed E-state index contributed by atoms with van der Waals surface area (Å²) >= 11 is 0. The average Bonchev–Trinajstić information content (AvgIpc) is 2.30. The van der Waals surface area contributed by atoms with Crippen molar-refractivity contribution in [3.63, 3.8) is 0 Å². The minimum Gasteiger partial charge on any atom is -0.323 e. The molecule has 1 saturated carbocycles. The Morgan fingerprint density at radius 1 is 1.20 bits per heavy atom. The molecule has 3 nitrogen and oxygen atoms in total. The van der Waals surface area contributed by atoms with E-state index in [2.05, 4.69) is 16.9 Å². The molecule has 0 aliphatic heterocycles. The summed E-state index contributed by atoms with van der Waals surface area (Å²) in [6.07, 6.45) is 11.7. The summed E-state index contributed by atoms with van der Waals surface area (Å²) in [4.78, 5) is 8.08. The van der Waals surface area contributed by atoms with Gasteiger partial charge in [0.2, 0.25) is 0 Å². The molecule has 0 amide bonds. The lowest BCUT2D eigenvalue weighted by Crippen LogP contribution is -2.34. The number of hydrogen-bond donors (Lipinski definition) is 1. The van der Waals surface area contributed by atoms with Gasteiger partial charge < -0.3 is 5.73 Å². The van der Waals surface area contributed by atoms with Crippen molar-refractivity contribution in [1.29, 1.82) is 0 Å². The minimum atomic E-state index is 0.0824. The first-order valence-corrected chi connectivity index (χ1v) is 5.73. The van der Waals surface area contributed by atoms with E-state index in [4.69, 9.17) is 5.73 Å². The first kappa shape index (κ1) is 10.6. The molecule has 1 aromatic heterocycles. The molecular formula is C12H19N3. The highest BCUT2D eigenvalue weighted by molar-refractivity contribution is 5.12. The highest BCUT2D eigenvalue weighted by Crippen LogP contribution is 2.43. The van der Waals surface area contributed by atoms with E-state index in [1.54, 1.807) is 6.33 Å². The maximum atomic E-state index is 6.32. The van der Waals surface area contributed by atoms with E-state index in [0.717, 1.165) is 5.56 Å². The van der Waals surface area contributed by atoms with Gasteiger partial charge in [0.1, 0.15) is 6.33 Å². The van der Waals surface area contributed by atoms with Gasteiger partial charge in [0.15, 0.2) is 0 Å². The first-order valence-electron chi connectivity index (χ1n) is 5.73. The lowest BCUT2D eigenvalue weighted by Gasteiger charge is -2.38. The van der Waals surface area contributed by atoms with E-state index in [9.17, 15) is 0 Å². The van der Waals surface area contributed by atoms with Crippen molar-refractivity contribution in [2.24, 2.45) is 11.1 Å². The van der Waals surface area contributed by atoms with E-state index in [1.807, 2.05) is 12.4 Å². The van der Waals surface area contributed by atoms with Gasteiger partial charge in [0, 0.05) is 24.0 Å². The molecule has 0 spiro atoms. The van der Waals surface area contributed by atoms with Crippen LogP contribution in [0.25, 0.3) is 0 Å². The smallest absolute Gasteiger partial charge is 0.115 e. The minimum absolute atomic E-state index is 0.0824. The molecule has 1 aliphatic rings. The summed E-state index contributed by atoms with van der Waals surface area (Å²) in [5.74, 6) is 0. The van der Waals surface area contributed by atoms with Gasteiger partial charge in [-0.15, -0.1) is 0 Å². The monoisotopic (exact) mass is 205 g/mol. The SMILES string of the molecule is CC1(C(N)c2cncnc2)CCCCC1. The quantitative estimate of drug-likeness (QED) is 0.806. The first-order chi connectivity index (χ1) is 7.22. The fourth-order valence-corrected chi connectivity index (χ4v) is 2.54. The van der Waals surface area contributed by atoms with Crippen LogP contribution in [0, 0.1) is 5.41 Å². The summed E-state index contributed by atoms with van der Waals surface area (Å²) in [6.45, 7) is 2.30. The van der Waals surface area contributed by atoms with Crippen LogP contribution in [0.3, 0.4) is 0 Å². The van der Waals surface area contributed by atoms with Crippen molar-refractivity contribution >= 4 is 0 Å². The second-order valence-corrected chi connectivity index (χ2v) is 4.86. The molecule has 1 unspecified atom stereocenters. The summed E-state index contributed by atoms with van der Waals surface area (Å²) in [7, 11) is 0. The zero-order chi connectivity index (χ0) is 10.7. The standard InChI is InChI=1S/C12H19N3/c1-12(5-3-2-4-6-12)11(13)10-7-14-9-15-8-10/h7-9,11H,2-6,13H2,1H3. The van der Waals surface area contributed by atoms with Gasteiger partial charge in [-0.1, -0.05) is 26.2 Å². The highest BCUT2D eigenvalue weighted by Gasteiger charge is 2.34. The van der Waals surface area contributed by atoms with Crippen LogP contribution in [0.4, 0.5) is 0 Å². The van der Waals surface area contributed by atoms with Crippen molar-refractivity contribution in [3.8, 4) is 0 Å².